The number of hydrogen-bond acceptors (Lipinski definition) is 3. The van der Waals surface area contributed by atoms with Crippen LogP contribution in [0.2, 0.25) is 0 Å². The number of rotatable bonds is 1. The molecule has 0 aliphatic rings. The van der Waals surface area contributed by atoms with Gasteiger partial charge >= 0.3 is 0 Å². The number of nitrogens with one attached hydrogen (secondary N) is 1. The number of H-pyrrole nitrogens is 1. The molecule has 92 valence electrons. The van der Waals surface area contributed by atoms with Gasteiger partial charge in [-0.05, 0) is 40.2 Å². The lowest BCUT2D eigenvalue weighted by Crippen LogP contribution is -1.96. The van der Waals surface area contributed by atoms with Crippen molar-refractivity contribution in [1.82, 2.24) is 9.97 Å². The number of benzene rings is 1. The fourth-order valence-electron chi connectivity index (χ4n) is 1.95. The van der Waals surface area contributed by atoms with Crippen LogP contribution in [0, 0.1) is 0 Å². The van der Waals surface area contributed by atoms with Crippen molar-refractivity contribution < 1.29 is 8.42 Å². The van der Waals surface area contributed by atoms with Crippen LogP contribution in [0.4, 0.5) is 0 Å². The van der Waals surface area contributed by atoms with E-state index < -0.39 is 9.84 Å². The van der Waals surface area contributed by atoms with E-state index in [1.54, 1.807) is 24.4 Å². The fraction of sp³-hybridized carbons (Fsp3) is 0.0833. The number of halogens is 1. The molecule has 0 atom stereocenters. The van der Waals surface area contributed by atoms with Gasteiger partial charge in [-0.15, -0.1) is 0 Å². The Morgan fingerprint density at radius 1 is 1.22 bits per heavy atom. The maximum absolute atomic E-state index is 11.6. The maximum atomic E-state index is 11.6. The predicted molar refractivity (Wildman–Crippen MR) is 74.4 cm³/mol. The number of sulfone groups is 1. The van der Waals surface area contributed by atoms with Crippen molar-refractivity contribution in [2.75, 3.05) is 6.26 Å². The van der Waals surface area contributed by atoms with E-state index in [-0.39, 0.29) is 0 Å². The molecule has 0 amide bonds. The second kappa shape index (κ2) is 3.80. The van der Waals surface area contributed by atoms with Crippen molar-refractivity contribution in [2.24, 2.45) is 0 Å². The first-order valence-electron chi connectivity index (χ1n) is 5.22. The molecule has 0 bridgehead atoms. The van der Waals surface area contributed by atoms with E-state index in [9.17, 15) is 8.42 Å². The van der Waals surface area contributed by atoms with Crippen LogP contribution in [0.15, 0.2) is 39.8 Å². The lowest BCUT2D eigenvalue weighted by atomic mass is 10.2. The van der Waals surface area contributed by atoms with Gasteiger partial charge in [0.05, 0.1) is 15.9 Å². The largest absolute Gasteiger partial charge is 0.353 e. The summed E-state index contributed by atoms with van der Waals surface area (Å²) in [5.74, 6) is 0. The molecule has 3 aromatic rings. The highest BCUT2D eigenvalue weighted by molar-refractivity contribution is 9.10. The first-order chi connectivity index (χ1) is 8.45. The Kier molecular flexibility index (Phi) is 2.46. The third kappa shape index (κ3) is 1.81. The summed E-state index contributed by atoms with van der Waals surface area (Å²) in [7, 11) is -3.20. The van der Waals surface area contributed by atoms with Gasteiger partial charge in [0.1, 0.15) is 0 Å². The van der Waals surface area contributed by atoms with Gasteiger partial charge in [-0.3, -0.25) is 4.98 Å². The van der Waals surface area contributed by atoms with Crippen molar-refractivity contribution in [1.29, 1.82) is 0 Å². The Bertz CT molecular complexity index is 868. The van der Waals surface area contributed by atoms with E-state index >= 15 is 0 Å². The Hall–Kier alpha value is -1.40. The Labute approximate surface area is 112 Å². The van der Waals surface area contributed by atoms with Crippen LogP contribution in [-0.2, 0) is 9.84 Å². The van der Waals surface area contributed by atoms with Gasteiger partial charge in [0, 0.05) is 27.8 Å². The van der Waals surface area contributed by atoms with Crippen LogP contribution in [0.3, 0.4) is 0 Å². The number of pyridine rings is 1. The summed E-state index contributed by atoms with van der Waals surface area (Å²) in [6.07, 6.45) is 2.90. The van der Waals surface area contributed by atoms with E-state index in [1.807, 2.05) is 6.07 Å². The van der Waals surface area contributed by atoms with Gasteiger partial charge in [0.2, 0.25) is 0 Å². The normalized spacial score (nSPS) is 12.3. The van der Waals surface area contributed by atoms with E-state index in [4.69, 9.17) is 0 Å². The molecular weight excluding hydrogens is 316 g/mol. The molecule has 4 nitrogen and oxygen atoms in total. The lowest BCUT2D eigenvalue weighted by Gasteiger charge is -1.97. The molecule has 6 heteroatoms. The predicted octanol–water partition coefficient (Wildman–Crippen LogP) is 2.88. The molecule has 0 aliphatic heterocycles. The Morgan fingerprint density at radius 3 is 2.72 bits per heavy atom. The minimum atomic E-state index is -3.20. The van der Waals surface area contributed by atoms with Crippen molar-refractivity contribution in [3.63, 3.8) is 0 Å². The summed E-state index contributed by atoms with van der Waals surface area (Å²) < 4.78 is 24.0. The van der Waals surface area contributed by atoms with Gasteiger partial charge in [-0.1, -0.05) is 0 Å². The van der Waals surface area contributed by atoms with Crippen LogP contribution in [0.5, 0.6) is 0 Å². The second-order valence-electron chi connectivity index (χ2n) is 4.15. The number of fused-ring (bicyclic) bond motifs is 3. The molecule has 0 unspecified atom stereocenters. The third-order valence-electron chi connectivity index (χ3n) is 2.80. The van der Waals surface area contributed by atoms with Crippen LogP contribution in [-0.4, -0.2) is 24.6 Å². The molecule has 2 aromatic heterocycles. The summed E-state index contributed by atoms with van der Waals surface area (Å²) in [5, 5.41) is 0.820. The van der Waals surface area contributed by atoms with E-state index in [2.05, 4.69) is 25.9 Å². The van der Waals surface area contributed by atoms with Crippen molar-refractivity contribution in [3.05, 3.63) is 34.9 Å². The van der Waals surface area contributed by atoms with Gasteiger partial charge in [0.25, 0.3) is 0 Å². The summed E-state index contributed by atoms with van der Waals surface area (Å²) in [6.45, 7) is 0. The highest BCUT2D eigenvalue weighted by Crippen LogP contribution is 2.27. The van der Waals surface area contributed by atoms with E-state index in [1.165, 1.54) is 6.26 Å². The SMILES string of the molecule is CS(=O)(=O)c1ccc2[nH]c3cc(Br)cnc3c2c1. The summed E-state index contributed by atoms with van der Waals surface area (Å²) in [6, 6.07) is 6.94. The number of hydrogen-bond donors (Lipinski definition) is 1. The molecule has 2 heterocycles. The van der Waals surface area contributed by atoms with E-state index in [0.29, 0.717) is 4.90 Å². The van der Waals surface area contributed by atoms with E-state index in [0.717, 1.165) is 26.4 Å². The van der Waals surface area contributed by atoms with Crippen molar-refractivity contribution in [3.8, 4) is 0 Å². The summed E-state index contributed by atoms with van der Waals surface area (Å²) in [4.78, 5) is 7.84. The third-order valence-corrected chi connectivity index (χ3v) is 4.34. The molecule has 1 N–H and O–H groups in total. The molecule has 0 fully saturated rings. The average molecular weight is 325 g/mol. The molecule has 18 heavy (non-hydrogen) atoms. The van der Waals surface area contributed by atoms with Crippen LogP contribution in [0.25, 0.3) is 21.9 Å². The second-order valence-corrected chi connectivity index (χ2v) is 7.09. The highest BCUT2D eigenvalue weighted by Gasteiger charge is 2.11. The maximum Gasteiger partial charge on any atom is 0.175 e. The topological polar surface area (TPSA) is 62.8 Å². The molecule has 3 rings (SSSR count). The van der Waals surface area contributed by atoms with Crippen molar-refractivity contribution >= 4 is 47.7 Å². The minimum absolute atomic E-state index is 0.306. The molecule has 0 saturated carbocycles. The number of aromatic amines is 1. The average Bonchev–Trinajstić information content (AvgIpc) is 2.63. The number of nitrogens with zero attached hydrogens (tertiary/aromatic N) is 1. The highest BCUT2D eigenvalue weighted by atomic mass is 79.9. The summed E-state index contributed by atoms with van der Waals surface area (Å²) in [5.41, 5.74) is 2.53. The Morgan fingerprint density at radius 2 is 2.00 bits per heavy atom. The first-order valence-corrected chi connectivity index (χ1v) is 7.90. The standard InChI is InChI=1S/C12H9BrN2O2S/c1-18(16,17)8-2-3-10-9(5-8)12-11(15-10)4-7(13)6-14-12/h2-6,15H,1H3. The molecule has 0 aliphatic carbocycles. The van der Waals surface area contributed by atoms with Gasteiger partial charge in [-0.2, -0.15) is 0 Å². The van der Waals surface area contributed by atoms with Crippen molar-refractivity contribution in [2.45, 2.75) is 4.90 Å². The van der Waals surface area contributed by atoms with Gasteiger partial charge in [0.15, 0.2) is 9.84 Å². The molecular formula is C12H9BrN2O2S. The Balaban J connectivity index is 2.43. The summed E-state index contributed by atoms with van der Waals surface area (Å²) >= 11 is 3.36. The molecule has 0 spiro atoms. The molecule has 0 radical (unpaired) electrons. The zero-order valence-electron chi connectivity index (χ0n) is 9.44. The lowest BCUT2D eigenvalue weighted by molar-refractivity contribution is 0.602. The quantitative estimate of drug-likeness (QED) is 0.748. The zero-order chi connectivity index (χ0) is 12.9. The number of aromatic nitrogens is 2. The molecule has 0 saturated heterocycles. The fourth-order valence-corrected chi connectivity index (χ4v) is 2.93. The molecule has 1 aromatic carbocycles. The van der Waals surface area contributed by atoms with Crippen LogP contribution in [0.1, 0.15) is 0 Å². The smallest absolute Gasteiger partial charge is 0.175 e. The zero-order valence-corrected chi connectivity index (χ0v) is 11.8. The first kappa shape index (κ1) is 11.7. The van der Waals surface area contributed by atoms with Crippen LogP contribution >= 0.6 is 15.9 Å². The van der Waals surface area contributed by atoms with Gasteiger partial charge in [-0.25, -0.2) is 8.42 Å². The van der Waals surface area contributed by atoms with Crippen LogP contribution < -0.4 is 0 Å². The monoisotopic (exact) mass is 324 g/mol. The minimum Gasteiger partial charge on any atom is -0.353 e. The van der Waals surface area contributed by atoms with Gasteiger partial charge < -0.3 is 4.98 Å².